The third-order valence-electron chi connectivity index (χ3n) is 7.36. The van der Waals surface area contributed by atoms with Gasteiger partial charge in [-0.1, -0.05) is 42.6 Å². The second-order valence-electron chi connectivity index (χ2n) is 10.4. The van der Waals surface area contributed by atoms with Gasteiger partial charge in [-0.3, -0.25) is 9.52 Å². The number of allylic oxidation sites excluding steroid dienone is 1. The standard InChI is InChI=1S/C30H38N2O2S/c1-21-17-25(19-26(18-21)34-20-23-13-14-23)22(2)31-35-16-7-3-6-15-32-29(24-9-8-10-24)27-11-4-5-12-28(27)30(32)33/h4-5,11-12,17-19,22-23,31H,3,6-10,13-16,20H2,1-2H3/t22-/m0/s1. The molecule has 0 saturated heterocycles. The smallest absolute Gasteiger partial charge is 0.258 e. The maximum Gasteiger partial charge on any atom is 0.258 e. The molecule has 3 aliphatic rings. The molecule has 2 fully saturated rings. The summed E-state index contributed by atoms with van der Waals surface area (Å²) >= 11 is 1.81. The van der Waals surface area contributed by atoms with E-state index in [9.17, 15) is 4.79 Å². The summed E-state index contributed by atoms with van der Waals surface area (Å²) < 4.78 is 9.62. The summed E-state index contributed by atoms with van der Waals surface area (Å²) in [6.45, 7) is 6.04. The Morgan fingerprint density at radius 1 is 1.09 bits per heavy atom. The van der Waals surface area contributed by atoms with Crippen LogP contribution in [0.2, 0.25) is 0 Å². The number of rotatable bonds is 12. The van der Waals surface area contributed by atoms with Gasteiger partial charge >= 0.3 is 0 Å². The summed E-state index contributed by atoms with van der Waals surface area (Å²) in [6.07, 6.45) is 9.49. The lowest BCUT2D eigenvalue weighted by molar-refractivity contribution is 0.0847. The zero-order valence-corrected chi connectivity index (χ0v) is 22.0. The SMILES string of the molecule is Cc1cc(OCC2CC2)cc([C@H](C)NSCCCCCN2C(=O)c3ccccc3C2=C2CCC2)c1. The molecule has 0 bridgehead atoms. The van der Waals surface area contributed by atoms with Gasteiger partial charge in [0.15, 0.2) is 0 Å². The highest BCUT2D eigenvalue weighted by molar-refractivity contribution is 7.97. The van der Waals surface area contributed by atoms with Crippen LogP contribution in [0, 0.1) is 12.8 Å². The van der Waals surface area contributed by atoms with E-state index in [0.29, 0.717) is 0 Å². The van der Waals surface area contributed by atoms with Crippen molar-refractivity contribution in [3.63, 3.8) is 0 Å². The van der Waals surface area contributed by atoms with Crippen LogP contribution >= 0.6 is 11.9 Å². The quantitative estimate of drug-likeness (QED) is 0.250. The molecule has 1 N–H and O–H groups in total. The molecule has 35 heavy (non-hydrogen) atoms. The maximum absolute atomic E-state index is 13.0. The number of nitrogens with zero attached hydrogens (tertiary/aromatic N) is 1. The summed E-state index contributed by atoms with van der Waals surface area (Å²) in [5.41, 5.74) is 7.26. The first-order valence-electron chi connectivity index (χ1n) is 13.3. The molecule has 4 nitrogen and oxygen atoms in total. The fourth-order valence-electron chi connectivity index (χ4n) is 4.93. The summed E-state index contributed by atoms with van der Waals surface area (Å²) in [4.78, 5) is 15.1. The molecule has 0 radical (unpaired) electrons. The monoisotopic (exact) mass is 490 g/mol. The Morgan fingerprint density at radius 2 is 1.89 bits per heavy atom. The van der Waals surface area contributed by atoms with Crippen LogP contribution in [0.3, 0.4) is 0 Å². The lowest BCUT2D eigenvalue weighted by atomic mass is 9.88. The van der Waals surface area contributed by atoms with Crippen LogP contribution in [-0.4, -0.2) is 29.7 Å². The molecule has 2 aromatic carbocycles. The molecule has 1 aliphatic heterocycles. The molecule has 2 saturated carbocycles. The van der Waals surface area contributed by atoms with Crippen LogP contribution in [0.4, 0.5) is 0 Å². The van der Waals surface area contributed by atoms with Crippen molar-refractivity contribution in [3.05, 3.63) is 70.3 Å². The second kappa shape index (κ2) is 11.2. The number of benzene rings is 2. The van der Waals surface area contributed by atoms with E-state index < -0.39 is 0 Å². The predicted molar refractivity (Wildman–Crippen MR) is 146 cm³/mol. The highest BCUT2D eigenvalue weighted by Gasteiger charge is 2.34. The van der Waals surface area contributed by atoms with E-state index in [1.165, 1.54) is 41.7 Å². The number of nitrogens with one attached hydrogen (secondary N) is 1. The van der Waals surface area contributed by atoms with E-state index in [1.807, 2.05) is 12.1 Å². The number of hydrogen-bond donors (Lipinski definition) is 1. The topological polar surface area (TPSA) is 41.6 Å². The van der Waals surface area contributed by atoms with Gasteiger partial charge < -0.3 is 9.64 Å². The van der Waals surface area contributed by atoms with Crippen molar-refractivity contribution in [1.82, 2.24) is 9.62 Å². The van der Waals surface area contributed by atoms with Crippen molar-refractivity contribution in [2.75, 3.05) is 18.9 Å². The molecular formula is C30H38N2O2S. The van der Waals surface area contributed by atoms with Gasteiger partial charge in [0.05, 0.1) is 12.3 Å². The predicted octanol–water partition coefficient (Wildman–Crippen LogP) is 7.30. The summed E-state index contributed by atoms with van der Waals surface area (Å²) in [5, 5.41) is 0. The minimum Gasteiger partial charge on any atom is -0.493 e. The molecule has 1 heterocycles. The van der Waals surface area contributed by atoms with E-state index in [0.717, 1.165) is 73.8 Å². The van der Waals surface area contributed by atoms with E-state index in [1.54, 1.807) is 11.9 Å². The molecule has 1 atom stereocenters. The lowest BCUT2D eigenvalue weighted by Crippen LogP contribution is -2.26. The first-order chi connectivity index (χ1) is 17.1. The molecule has 5 rings (SSSR count). The van der Waals surface area contributed by atoms with E-state index in [4.69, 9.17) is 4.74 Å². The first-order valence-corrected chi connectivity index (χ1v) is 14.3. The summed E-state index contributed by atoms with van der Waals surface area (Å²) in [7, 11) is 0. The highest BCUT2D eigenvalue weighted by atomic mass is 32.2. The van der Waals surface area contributed by atoms with Gasteiger partial charge in [-0.2, -0.15) is 0 Å². The van der Waals surface area contributed by atoms with Crippen molar-refractivity contribution >= 4 is 23.6 Å². The van der Waals surface area contributed by atoms with Crippen molar-refractivity contribution in [2.45, 2.75) is 71.3 Å². The van der Waals surface area contributed by atoms with Crippen molar-refractivity contribution in [3.8, 4) is 5.75 Å². The summed E-state index contributed by atoms with van der Waals surface area (Å²) in [6, 6.07) is 15.0. The number of amides is 1. The fraction of sp³-hybridized carbons (Fsp3) is 0.500. The molecule has 2 aliphatic carbocycles. The Hall–Kier alpha value is -2.24. The number of ether oxygens (including phenoxy) is 1. The minimum absolute atomic E-state index is 0.193. The zero-order chi connectivity index (χ0) is 24.2. The number of aryl methyl sites for hydroxylation is 1. The molecule has 1 amide bonds. The van der Waals surface area contributed by atoms with Gasteiger partial charge in [-0.25, -0.2) is 0 Å². The maximum atomic E-state index is 13.0. The number of unbranched alkanes of at least 4 members (excludes halogenated alkanes) is 2. The molecule has 0 aromatic heterocycles. The molecule has 2 aromatic rings. The number of carbonyl (C=O) groups is 1. The van der Waals surface area contributed by atoms with Gasteiger partial charge in [0.25, 0.3) is 5.91 Å². The number of carbonyl (C=O) groups excluding carboxylic acids is 1. The molecule has 0 unspecified atom stereocenters. The minimum atomic E-state index is 0.193. The van der Waals surface area contributed by atoms with Gasteiger partial charge in [-0.15, -0.1) is 0 Å². The van der Waals surface area contributed by atoms with Gasteiger partial charge in [0.1, 0.15) is 5.75 Å². The Kier molecular flexibility index (Phi) is 7.84. The molecule has 0 spiro atoms. The largest absolute Gasteiger partial charge is 0.493 e. The Labute approximate surface area is 214 Å². The van der Waals surface area contributed by atoms with Crippen molar-refractivity contribution < 1.29 is 9.53 Å². The van der Waals surface area contributed by atoms with Crippen LogP contribution < -0.4 is 9.46 Å². The average Bonchev–Trinajstić information content (AvgIpc) is 3.62. The normalized spacial score (nSPS) is 18.0. The third kappa shape index (κ3) is 5.95. The van der Waals surface area contributed by atoms with Gasteiger partial charge in [-0.05, 0) is 99.6 Å². The Morgan fingerprint density at radius 3 is 2.63 bits per heavy atom. The van der Waals surface area contributed by atoms with E-state index in [2.05, 4.69) is 53.8 Å². The van der Waals surface area contributed by atoms with Crippen LogP contribution in [0.15, 0.2) is 48.0 Å². The van der Waals surface area contributed by atoms with Crippen LogP contribution in [0.25, 0.3) is 5.70 Å². The fourth-order valence-corrected chi connectivity index (χ4v) is 5.79. The van der Waals surface area contributed by atoms with Gasteiger partial charge in [0, 0.05) is 29.5 Å². The Balaban J connectivity index is 1.04. The van der Waals surface area contributed by atoms with Crippen molar-refractivity contribution in [2.24, 2.45) is 5.92 Å². The summed E-state index contributed by atoms with van der Waals surface area (Å²) in [5.74, 6) is 3.04. The Bertz CT molecular complexity index is 1090. The molecular weight excluding hydrogens is 452 g/mol. The first kappa shape index (κ1) is 24.5. The van der Waals surface area contributed by atoms with E-state index in [-0.39, 0.29) is 11.9 Å². The molecule has 186 valence electrons. The number of hydrogen-bond acceptors (Lipinski definition) is 4. The van der Waals surface area contributed by atoms with Crippen LogP contribution in [0.5, 0.6) is 5.75 Å². The highest BCUT2D eigenvalue weighted by Crippen LogP contribution is 2.41. The van der Waals surface area contributed by atoms with Crippen LogP contribution in [-0.2, 0) is 0 Å². The number of fused-ring (bicyclic) bond motifs is 1. The second-order valence-corrected chi connectivity index (χ2v) is 11.3. The van der Waals surface area contributed by atoms with Gasteiger partial charge in [0.2, 0.25) is 0 Å². The zero-order valence-electron chi connectivity index (χ0n) is 21.1. The third-order valence-corrected chi connectivity index (χ3v) is 8.38. The average molecular weight is 491 g/mol. The van der Waals surface area contributed by atoms with Crippen LogP contribution in [0.1, 0.15) is 91.4 Å². The molecule has 5 heteroatoms. The van der Waals surface area contributed by atoms with Crippen molar-refractivity contribution in [1.29, 1.82) is 0 Å². The lowest BCUT2D eigenvalue weighted by Gasteiger charge is -2.26. The van der Waals surface area contributed by atoms with E-state index >= 15 is 0 Å².